The first-order valence-corrected chi connectivity index (χ1v) is 13.8. The highest BCUT2D eigenvalue weighted by Crippen LogP contribution is 2.28. The quantitative estimate of drug-likeness (QED) is 0.222. The Morgan fingerprint density at radius 2 is 1.54 bits per heavy atom. The number of ether oxygens (including phenoxy) is 2. The zero-order valence-corrected chi connectivity index (χ0v) is 24.2. The van der Waals surface area contributed by atoms with Gasteiger partial charge in [0.25, 0.3) is 0 Å². The third kappa shape index (κ3) is 9.48. The van der Waals surface area contributed by atoms with E-state index in [0.29, 0.717) is 47.4 Å². The number of hydrogen-bond donors (Lipinski definition) is 1. The van der Waals surface area contributed by atoms with Crippen molar-refractivity contribution in [1.82, 2.24) is 10.2 Å². The Balaban J connectivity index is 1.81. The summed E-state index contributed by atoms with van der Waals surface area (Å²) in [7, 11) is 1.61. The lowest BCUT2D eigenvalue weighted by molar-refractivity contribution is -0.141. The van der Waals surface area contributed by atoms with Gasteiger partial charge in [0.1, 0.15) is 17.5 Å². The molecule has 0 aliphatic rings. The van der Waals surface area contributed by atoms with Crippen LogP contribution >= 0.6 is 23.2 Å². The number of carbonyl (C=O) groups is 2. The Morgan fingerprint density at radius 3 is 2.15 bits per heavy atom. The van der Waals surface area contributed by atoms with E-state index in [-0.39, 0.29) is 30.7 Å². The average Bonchev–Trinajstić information content (AvgIpc) is 2.93. The Hall–Kier alpha value is -3.22. The van der Waals surface area contributed by atoms with E-state index in [1.165, 1.54) is 0 Å². The molecule has 0 radical (unpaired) electrons. The van der Waals surface area contributed by atoms with Crippen LogP contribution in [0.4, 0.5) is 0 Å². The molecule has 0 saturated heterocycles. The van der Waals surface area contributed by atoms with Gasteiger partial charge >= 0.3 is 0 Å². The van der Waals surface area contributed by atoms with Gasteiger partial charge < -0.3 is 19.7 Å². The van der Waals surface area contributed by atoms with Crippen molar-refractivity contribution in [1.29, 1.82) is 0 Å². The molecule has 0 heterocycles. The molecule has 0 aliphatic carbocycles. The van der Waals surface area contributed by atoms with Gasteiger partial charge in [-0.1, -0.05) is 73.4 Å². The first-order valence-electron chi connectivity index (χ1n) is 13.1. The summed E-state index contributed by atoms with van der Waals surface area (Å²) in [6.45, 7) is 5.03. The van der Waals surface area contributed by atoms with Crippen LogP contribution < -0.4 is 14.8 Å². The van der Waals surface area contributed by atoms with Gasteiger partial charge in [0, 0.05) is 41.5 Å². The fraction of sp³-hybridized carbons (Fsp3) is 0.355. The predicted molar refractivity (Wildman–Crippen MR) is 157 cm³/mol. The van der Waals surface area contributed by atoms with Gasteiger partial charge in [-0.3, -0.25) is 9.59 Å². The highest BCUT2D eigenvalue weighted by molar-refractivity contribution is 6.36. The molecule has 1 N–H and O–H groups in total. The molecule has 0 saturated carbocycles. The summed E-state index contributed by atoms with van der Waals surface area (Å²) in [5.74, 6) is 1.32. The van der Waals surface area contributed by atoms with Crippen LogP contribution in [0.2, 0.25) is 10.0 Å². The lowest BCUT2D eigenvalue weighted by Gasteiger charge is -2.32. The monoisotopic (exact) mass is 570 g/mol. The Kier molecular flexibility index (Phi) is 12.0. The zero-order chi connectivity index (χ0) is 28.2. The molecule has 1 atom stereocenters. The molecule has 3 aromatic rings. The number of nitrogens with zero attached hydrogens (tertiary/aromatic N) is 1. The van der Waals surface area contributed by atoms with E-state index in [1.54, 1.807) is 30.2 Å². The number of rotatable bonds is 14. The summed E-state index contributed by atoms with van der Waals surface area (Å²) in [5, 5.41) is 3.91. The molecular formula is C31H36Cl2N2O4. The van der Waals surface area contributed by atoms with Gasteiger partial charge in [-0.25, -0.2) is 0 Å². The van der Waals surface area contributed by atoms with E-state index in [9.17, 15) is 9.59 Å². The molecule has 0 bridgehead atoms. The topological polar surface area (TPSA) is 67.9 Å². The standard InChI is InChI=1S/C31H36Cl2N2O4/c1-22(2)20-34-31(37)29(19-23-9-5-4-6-10-23)35(21-26-27(32)11-7-12-28(26)33)30(36)13-8-18-39-25-16-14-24(38-3)15-17-25/h4-7,9-12,14-17,22,29H,8,13,18-21H2,1-3H3,(H,34,37). The van der Waals surface area contributed by atoms with Gasteiger partial charge in [-0.05, 0) is 54.3 Å². The zero-order valence-electron chi connectivity index (χ0n) is 22.7. The molecular weight excluding hydrogens is 535 g/mol. The second-order valence-corrected chi connectivity index (χ2v) is 10.5. The van der Waals surface area contributed by atoms with E-state index in [4.69, 9.17) is 32.7 Å². The van der Waals surface area contributed by atoms with Crippen molar-refractivity contribution in [2.45, 2.75) is 45.7 Å². The fourth-order valence-corrected chi connectivity index (χ4v) is 4.58. The average molecular weight is 572 g/mol. The Morgan fingerprint density at radius 1 is 0.897 bits per heavy atom. The third-order valence-corrected chi connectivity index (χ3v) is 6.92. The van der Waals surface area contributed by atoms with Gasteiger partial charge in [-0.2, -0.15) is 0 Å². The molecule has 2 amide bonds. The van der Waals surface area contributed by atoms with E-state index in [0.717, 1.165) is 11.3 Å². The summed E-state index contributed by atoms with van der Waals surface area (Å²) >= 11 is 13.0. The number of halogens is 2. The molecule has 0 spiro atoms. The first-order chi connectivity index (χ1) is 18.8. The van der Waals surface area contributed by atoms with E-state index < -0.39 is 6.04 Å². The van der Waals surface area contributed by atoms with Gasteiger partial charge in [-0.15, -0.1) is 0 Å². The largest absolute Gasteiger partial charge is 0.497 e. The van der Waals surface area contributed by atoms with Crippen molar-refractivity contribution in [3.05, 3.63) is 94.0 Å². The maximum absolute atomic E-state index is 13.7. The van der Waals surface area contributed by atoms with Gasteiger partial charge in [0.15, 0.2) is 0 Å². The molecule has 3 rings (SSSR count). The van der Waals surface area contributed by atoms with Crippen LogP contribution in [-0.4, -0.2) is 43.0 Å². The Bertz CT molecular complexity index is 1180. The predicted octanol–water partition coefficient (Wildman–Crippen LogP) is 6.57. The van der Waals surface area contributed by atoms with Crippen LogP contribution in [0.5, 0.6) is 11.5 Å². The summed E-state index contributed by atoms with van der Waals surface area (Å²) < 4.78 is 11.0. The normalized spacial score (nSPS) is 11.6. The number of methoxy groups -OCH3 is 1. The van der Waals surface area contributed by atoms with Gasteiger partial charge in [0.05, 0.1) is 13.7 Å². The SMILES string of the molecule is COc1ccc(OCCCC(=O)N(Cc2c(Cl)cccc2Cl)C(Cc2ccccc2)C(=O)NCC(C)C)cc1. The van der Waals surface area contributed by atoms with Crippen LogP contribution in [0.3, 0.4) is 0 Å². The van der Waals surface area contributed by atoms with Crippen LogP contribution in [0, 0.1) is 5.92 Å². The molecule has 0 fully saturated rings. The third-order valence-electron chi connectivity index (χ3n) is 6.21. The van der Waals surface area contributed by atoms with Crippen molar-refractivity contribution in [2.24, 2.45) is 5.92 Å². The summed E-state index contributed by atoms with van der Waals surface area (Å²) in [6.07, 6.45) is 1.03. The lowest BCUT2D eigenvalue weighted by atomic mass is 10.0. The number of amides is 2. The van der Waals surface area contributed by atoms with Crippen LogP contribution in [0.15, 0.2) is 72.8 Å². The molecule has 0 aromatic heterocycles. The molecule has 0 aliphatic heterocycles. The number of benzene rings is 3. The number of nitrogens with one attached hydrogen (secondary N) is 1. The number of hydrogen-bond acceptors (Lipinski definition) is 4. The fourth-order valence-electron chi connectivity index (χ4n) is 4.06. The van der Waals surface area contributed by atoms with E-state index in [2.05, 4.69) is 5.32 Å². The molecule has 6 nitrogen and oxygen atoms in total. The molecule has 8 heteroatoms. The molecule has 1 unspecified atom stereocenters. The van der Waals surface area contributed by atoms with E-state index in [1.807, 2.05) is 68.4 Å². The first kappa shape index (κ1) is 30.3. The van der Waals surface area contributed by atoms with Crippen LogP contribution in [0.25, 0.3) is 0 Å². The van der Waals surface area contributed by atoms with Crippen molar-refractivity contribution in [2.75, 3.05) is 20.3 Å². The van der Waals surface area contributed by atoms with Gasteiger partial charge in [0.2, 0.25) is 11.8 Å². The minimum atomic E-state index is -0.742. The number of carbonyl (C=O) groups excluding carboxylic acids is 2. The van der Waals surface area contributed by atoms with Crippen LogP contribution in [0.1, 0.15) is 37.8 Å². The summed E-state index contributed by atoms with van der Waals surface area (Å²) in [5.41, 5.74) is 1.56. The highest BCUT2D eigenvalue weighted by atomic mass is 35.5. The van der Waals surface area contributed by atoms with E-state index >= 15 is 0 Å². The Labute approximate surface area is 241 Å². The highest BCUT2D eigenvalue weighted by Gasteiger charge is 2.31. The minimum Gasteiger partial charge on any atom is -0.497 e. The lowest BCUT2D eigenvalue weighted by Crippen LogP contribution is -2.51. The minimum absolute atomic E-state index is 0.114. The van der Waals surface area contributed by atoms with Crippen molar-refractivity contribution >= 4 is 35.0 Å². The second kappa shape index (κ2) is 15.4. The van der Waals surface area contributed by atoms with Crippen molar-refractivity contribution < 1.29 is 19.1 Å². The van der Waals surface area contributed by atoms with Crippen LogP contribution in [-0.2, 0) is 22.6 Å². The summed E-state index contributed by atoms with van der Waals surface area (Å²) in [4.78, 5) is 28.8. The smallest absolute Gasteiger partial charge is 0.243 e. The second-order valence-electron chi connectivity index (χ2n) is 9.69. The molecule has 39 heavy (non-hydrogen) atoms. The molecule has 208 valence electrons. The van der Waals surface area contributed by atoms with Crippen molar-refractivity contribution in [3.63, 3.8) is 0 Å². The maximum Gasteiger partial charge on any atom is 0.243 e. The maximum atomic E-state index is 13.7. The summed E-state index contributed by atoms with van der Waals surface area (Å²) in [6, 6.07) is 21.4. The van der Waals surface area contributed by atoms with Crippen molar-refractivity contribution in [3.8, 4) is 11.5 Å². The molecule has 3 aromatic carbocycles.